The lowest BCUT2D eigenvalue weighted by atomic mass is 10.1. The van der Waals surface area contributed by atoms with E-state index in [1.165, 1.54) is 12.1 Å². The van der Waals surface area contributed by atoms with Crippen LogP contribution in [0.5, 0.6) is 5.75 Å². The first-order chi connectivity index (χ1) is 8.01. The van der Waals surface area contributed by atoms with Gasteiger partial charge in [0.05, 0.1) is 11.1 Å². The molecule has 5 heteroatoms. The van der Waals surface area contributed by atoms with Crippen molar-refractivity contribution in [3.8, 4) is 5.75 Å². The smallest absolute Gasteiger partial charge is 0.419 e. The topological polar surface area (TPSA) is 75.6 Å². The molecule has 0 spiro atoms. The van der Waals surface area contributed by atoms with Crippen molar-refractivity contribution in [1.29, 1.82) is 0 Å². The lowest BCUT2D eigenvalue weighted by Gasteiger charge is -2.09. The van der Waals surface area contributed by atoms with Crippen molar-refractivity contribution in [1.82, 2.24) is 0 Å². The molecule has 0 radical (unpaired) electrons. The molecule has 0 aliphatic heterocycles. The Labute approximate surface area is 98.4 Å². The van der Waals surface area contributed by atoms with Gasteiger partial charge in [-0.1, -0.05) is 12.1 Å². The van der Waals surface area contributed by atoms with E-state index in [0.29, 0.717) is 0 Å². The Balaban J connectivity index is 1.94. The first kappa shape index (κ1) is 11.4. The summed E-state index contributed by atoms with van der Waals surface area (Å²) in [5.74, 6) is -0.597. The molecule has 2 N–H and O–H groups in total. The number of nitrogens with one attached hydrogen (secondary N) is 1. The summed E-state index contributed by atoms with van der Waals surface area (Å²) in [5, 5.41) is 11.7. The third-order valence-corrected chi connectivity index (χ3v) is 2.82. The SMILES string of the molecule is CC1(C(=O)OC(=O)Nc2ccccc2O)CC1. The number of benzene rings is 1. The van der Waals surface area contributed by atoms with Crippen LogP contribution in [0, 0.1) is 5.41 Å². The van der Waals surface area contributed by atoms with Gasteiger partial charge in [-0.15, -0.1) is 0 Å². The van der Waals surface area contributed by atoms with E-state index in [1.54, 1.807) is 19.1 Å². The Bertz CT molecular complexity index is 465. The minimum atomic E-state index is -0.871. The van der Waals surface area contributed by atoms with Gasteiger partial charge < -0.3 is 9.84 Å². The first-order valence-corrected chi connectivity index (χ1v) is 5.32. The molecule has 5 nitrogen and oxygen atoms in total. The van der Waals surface area contributed by atoms with Crippen molar-refractivity contribution in [3.63, 3.8) is 0 Å². The van der Waals surface area contributed by atoms with Crippen LogP contribution in [0.4, 0.5) is 10.5 Å². The summed E-state index contributed by atoms with van der Waals surface area (Å²) in [5.41, 5.74) is -0.290. The zero-order valence-corrected chi connectivity index (χ0v) is 9.40. The van der Waals surface area contributed by atoms with E-state index in [4.69, 9.17) is 0 Å². The lowest BCUT2D eigenvalue weighted by Crippen LogP contribution is -2.23. The molecule has 1 fully saturated rings. The lowest BCUT2D eigenvalue weighted by molar-refractivity contribution is -0.142. The number of phenolic OH excluding ortho intramolecular Hbond substituents is 1. The molecule has 90 valence electrons. The van der Waals surface area contributed by atoms with Crippen LogP contribution in [0.15, 0.2) is 24.3 Å². The maximum absolute atomic E-state index is 11.5. The standard InChI is InChI=1S/C12H13NO4/c1-12(6-7-12)10(15)17-11(16)13-8-4-2-3-5-9(8)14/h2-5,14H,6-7H2,1H3,(H,13,16). The third-order valence-electron chi connectivity index (χ3n) is 2.82. The van der Waals surface area contributed by atoms with Crippen molar-refractivity contribution >= 4 is 17.7 Å². The van der Waals surface area contributed by atoms with E-state index >= 15 is 0 Å². The Kier molecular flexibility index (Phi) is 2.75. The van der Waals surface area contributed by atoms with E-state index in [9.17, 15) is 14.7 Å². The van der Waals surface area contributed by atoms with Crippen molar-refractivity contribution in [2.24, 2.45) is 5.41 Å². The Hall–Kier alpha value is -2.04. The van der Waals surface area contributed by atoms with Crippen LogP contribution in [0.1, 0.15) is 19.8 Å². The highest BCUT2D eigenvalue weighted by atomic mass is 16.6. The second kappa shape index (κ2) is 4.08. The van der Waals surface area contributed by atoms with Crippen molar-refractivity contribution in [2.45, 2.75) is 19.8 Å². The highest BCUT2D eigenvalue weighted by Gasteiger charge is 2.47. The molecule has 17 heavy (non-hydrogen) atoms. The predicted octanol–water partition coefficient (Wildman–Crippen LogP) is 2.27. The van der Waals surface area contributed by atoms with Crippen LogP contribution in [0.25, 0.3) is 0 Å². The minimum Gasteiger partial charge on any atom is -0.506 e. The molecule has 2 rings (SSSR count). The fourth-order valence-corrected chi connectivity index (χ4v) is 1.31. The summed E-state index contributed by atoms with van der Waals surface area (Å²) >= 11 is 0. The number of carbonyl (C=O) groups excluding carboxylic acids is 2. The van der Waals surface area contributed by atoms with Gasteiger partial charge in [0.15, 0.2) is 0 Å². The van der Waals surface area contributed by atoms with Crippen LogP contribution >= 0.6 is 0 Å². The summed E-state index contributed by atoms with van der Waals surface area (Å²) < 4.78 is 4.64. The summed E-state index contributed by atoms with van der Waals surface area (Å²) in [6.45, 7) is 1.75. The largest absolute Gasteiger partial charge is 0.506 e. The number of hydrogen-bond acceptors (Lipinski definition) is 4. The number of carbonyl (C=O) groups is 2. The monoisotopic (exact) mass is 235 g/mol. The average molecular weight is 235 g/mol. The number of ether oxygens (including phenoxy) is 1. The maximum Gasteiger partial charge on any atom is 0.419 e. The molecule has 1 amide bonds. The third kappa shape index (κ3) is 2.55. The van der Waals surface area contributed by atoms with Gasteiger partial charge in [0.2, 0.25) is 0 Å². The van der Waals surface area contributed by atoms with Crippen molar-refractivity contribution < 1.29 is 19.4 Å². The van der Waals surface area contributed by atoms with Crippen molar-refractivity contribution in [3.05, 3.63) is 24.3 Å². The van der Waals surface area contributed by atoms with Gasteiger partial charge in [0.1, 0.15) is 5.75 Å². The van der Waals surface area contributed by atoms with Gasteiger partial charge in [-0.05, 0) is 31.9 Å². The van der Waals surface area contributed by atoms with E-state index in [2.05, 4.69) is 10.1 Å². The van der Waals surface area contributed by atoms with Gasteiger partial charge in [-0.3, -0.25) is 10.1 Å². The van der Waals surface area contributed by atoms with E-state index in [1.807, 2.05) is 0 Å². The van der Waals surface area contributed by atoms with Crippen molar-refractivity contribution in [2.75, 3.05) is 5.32 Å². The first-order valence-electron chi connectivity index (χ1n) is 5.32. The second-order valence-corrected chi connectivity index (χ2v) is 4.38. The predicted molar refractivity (Wildman–Crippen MR) is 60.6 cm³/mol. The number of rotatable bonds is 2. The molecule has 0 heterocycles. The highest BCUT2D eigenvalue weighted by Crippen LogP contribution is 2.46. The Morgan fingerprint density at radius 3 is 2.59 bits per heavy atom. The van der Waals surface area contributed by atoms with Gasteiger partial charge in [0, 0.05) is 0 Å². The number of phenols is 1. The second-order valence-electron chi connectivity index (χ2n) is 4.38. The molecule has 0 aromatic heterocycles. The van der Waals surface area contributed by atoms with Crippen LogP contribution in [-0.2, 0) is 9.53 Å². The van der Waals surface area contributed by atoms with E-state index < -0.39 is 17.5 Å². The molecule has 1 aromatic rings. The Morgan fingerprint density at radius 1 is 1.35 bits per heavy atom. The van der Waals surface area contributed by atoms with Crippen LogP contribution in [0.2, 0.25) is 0 Å². The molecular formula is C12H13NO4. The number of hydrogen-bond donors (Lipinski definition) is 2. The van der Waals surface area contributed by atoms with Gasteiger partial charge in [-0.25, -0.2) is 4.79 Å². The number of amides is 1. The summed E-state index contributed by atoms with van der Waals surface area (Å²) in [7, 11) is 0. The quantitative estimate of drug-likeness (QED) is 0.468. The average Bonchev–Trinajstić information content (AvgIpc) is 3.01. The molecule has 1 aliphatic carbocycles. The fraction of sp³-hybridized carbons (Fsp3) is 0.333. The highest BCUT2D eigenvalue weighted by molar-refractivity contribution is 5.96. The molecule has 0 bridgehead atoms. The zero-order valence-electron chi connectivity index (χ0n) is 9.40. The zero-order chi connectivity index (χ0) is 12.5. The number of esters is 1. The van der Waals surface area contributed by atoms with E-state index in [-0.39, 0.29) is 11.4 Å². The number of para-hydroxylation sites is 2. The van der Waals surface area contributed by atoms with E-state index in [0.717, 1.165) is 12.8 Å². The maximum atomic E-state index is 11.5. The summed E-state index contributed by atoms with van der Waals surface area (Å²) in [6, 6.07) is 6.22. The molecule has 1 saturated carbocycles. The molecule has 0 saturated heterocycles. The molecule has 0 atom stereocenters. The normalized spacial score (nSPS) is 16.1. The molecular weight excluding hydrogens is 222 g/mol. The molecule has 1 aliphatic rings. The molecule has 1 aromatic carbocycles. The summed E-state index contributed by atoms with van der Waals surface area (Å²) in [6.07, 6.45) is 0.621. The number of aromatic hydroxyl groups is 1. The van der Waals surface area contributed by atoms with Crippen LogP contribution < -0.4 is 5.32 Å². The van der Waals surface area contributed by atoms with Gasteiger partial charge in [0.25, 0.3) is 0 Å². The Morgan fingerprint density at radius 2 is 2.00 bits per heavy atom. The van der Waals surface area contributed by atoms with Gasteiger partial charge >= 0.3 is 12.1 Å². The fourth-order valence-electron chi connectivity index (χ4n) is 1.31. The van der Waals surface area contributed by atoms with Crippen LogP contribution in [0.3, 0.4) is 0 Å². The minimum absolute atomic E-state index is 0.0745. The molecule has 0 unspecified atom stereocenters. The van der Waals surface area contributed by atoms with Crippen LogP contribution in [-0.4, -0.2) is 17.2 Å². The van der Waals surface area contributed by atoms with Gasteiger partial charge in [-0.2, -0.15) is 0 Å². The number of anilines is 1. The summed E-state index contributed by atoms with van der Waals surface area (Å²) in [4.78, 5) is 22.9.